The lowest BCUT2D eigenvalue weighted by Crippen LogP contribution is -2.46. The molecule has 8 heteroatoms. The molecule has 2 fully saturated rings. The number of piperidine rings is 1. The second kappa shape index (κ2) is 9.21. The number of likely N-dealkylation sites (N-methyl/N-ethyl adjacent to an activating group) is 1. The second-order valence-corrected chi connectivity index (χ2v) is 8.57. The van der Waals surface area contributed by atoms with Crippen LogP contribution in [0, 0.1) is 5.82 Å². The lowest BCUT2D eigenvalue weighted by atomic mass is 9.75. The average molecular weight is 454 g/mol. The summed E-state index contributed by atoms with van der Waals surface area (Å²) >= 11 is 0. The molecule has 174 valence electrons. The van der Waals surface area contributed by atoms with Crippen molar-refractivity contribution in [3.63, 3.8) is 0 Å². The number of carbonyl (C=O) groups is 3. The highest BCUT2D eigenvalue weighted by atomic mass is 19.1. The van der Waals surface area contributed by atoms with Crippen molar-refractivity contribution in [2.24, 2.45) is 0 Å². The highest BCUT2D eigenvalue weighted by Gasteiger charge is 2.53. The van der Waals surface area contributed by atoms with E-state index in [0.717, 1.165) is 4.90 Å². The summed E-state index contributed by atoms with van der Waals surface area (Å²) in [6.07, 6.45) is 1.08. The van der Waals surface area contributed by atoms with E-state index in [1.165, 1.54) is 19.2 Å². The van der Waals surface area contributed by atoms with Gasteiger partial charge >= 0.3 is 0 Å². The number of carbonyl (C=O) groups excluding carboxylic acids is 3. The van der Waals surface area contributed by atoms with Gasteiger partial charge in [0.25, 0.3) is 0 Å². The van der Waals surface area contributed by atoms with Crippen LogP contribution in [0.4, 0.5) is 4.39 Å². The fraction of sp³-hybridized carbons (Fsp3) is 0.400. The molecule has 1 atom stereocenters. The van der Waals surface area contributed by atoms with Crippen LogP contribution in [-0.2, 0) is 19.8 Å². The Hall–Kier alpha value is -3.42. The van der Waals surface area contributed by atoms with Gasteiger partial charge in [-0.15, -0.1) is 0 Å². The maximum atomic E-state index is 13.3. The third-order valence-corrected chi connectivity index (χ3v) is 6.55. The minimum Gasteiger partial charge on any atom is -0.497 e. The third-order valence-electron chi connectivity index (χ3n) is 6.55. The fourth-order valence-electron chi connectivity index (χ4n) is 4.56. The first-order valence-electron chi connectivity index (χ1n) is 11.0. The Labute approximate surface area is 192 Å². The zero-order chi connectivity index (χ0) is 23.6. The number of ether oxygens (including phenoxy) is 2. The van der Waals surface area contributed by atoms with Crippen molar-refractivity contribution in [1.82, 2.24) is 9.80 Å². The summed E-state index contributed by atoms with van der Waals surface area (Å²) in [7, 11) is 3.01. The summed E-state index contributed by atoms with van der Waals surface area (Å²) in [4.78, 5) is 41.6. The van der Waals surface area contributed by atoms with Crippen LogP contribution >= 0.6 is 0 Å². The summed E-state index contributed by atoms with van der Waals surface area (Å²) < 4.78 is 24.2. The van der Waals surface area contributed by atoms with Crippen LogP contribution in [0.5, 0.6) is 11.5 Å². The Bertz CT molecular complexity index is 1030. The molecule has 0 radical (unpaired) electrons. The first-order chi connectivity index (χ1) is 15.8. The van der Waals surface area contributed by atoms with Gasteiger partial charge in [-0.3, -0.25) is 19.3 Å². The maximum absolute atomic E-state index is 13.3. The molecule has 0 saturated carbocycles. The van der Waals surface area contributed by atoms with E-state index in [1.54, 1.807) is 48.4 Å². The van der Waals surface area contributed by atoms with Crippen LogP contribution in [0.25, 0.3) is 0 Å². The van der Waals surface area contributed by atoms with Crippen LogP contribution in [0.2, 0.25) is 0 Å². The monoisotopic (exact) mass is 454 g/mol. The molecular weight excluding hydrogens is 427 g/mol. The van der Waals surface area contributed by atoms with Crippen LogP contribution in [-0.4, -0.2) is 60.9 Å². The minimum atomic E-state index is -1.21. The fourth-order valence-corrected chi connectivity index (χ4v) is 4.56. The molecule has 2 aromatic carbocycles. The zero-order valence-electron chi connectivity index (χ0n) is 18.8. The molecule has 0 aliphatic carbocycles. The molecule has 2 saturated heterocycles. The van der Waals surface area contributed by atoms with Gasteiger partial charge < -0.3 is 14.4 Å². The van der Waals surface area contributed by atoms with E-state index in [2.05, 4.69) is 0 Å². The van der Waals surface area contributed by atoms with Crippen LogP contribution < -0.4 is 9.47 Å². The van der Waals surface area contributed by atoms with E-state index < -0.39 is 5.41 Å². The van der Waals surface area contributed by atoms with E-state index in [0.29, 0.717) is 43.0 Å². The van der Waals surface area contributed by atoms with Crippen molar-refractivity contribution >= 4 is 17.7 Å². The number of methoxy groups -OCH3 is 1. The predicted molar refractivity (Wildman–Crippen MR) is 118 cm³/mol. The molecule has 2 aromatic rings. The normalized spacial score (nSPS) is 21.4. The number of likely N-dealkylation sites (tertiary alicyclic amines) is 2. The molecule has 2 heterocycles. The van der Waals surface area contributed by atoms with Crippen molar-refractivity contribution in [2.75, 3.05) is 27.2 Å². The van der Waals surface area contributed by atoms with Crippen molar-refractivity contribution in [3.8, 4) is 11.5 Å². The van der Waals surface area contributed by atoms with Crippen molar-refractivity contribution in [1.29, 1.82) is 0 Å². The van der Waals surface area contributed by atoms with Crippen molar-refractivity contribution in [2.45, 2.75) is 37.2 Å². The van der Waals surface area contributed by atoms with E-state index in [-0.39, 0.29) is 42.5 Å². The predicted octanol–water partition coefficient (Wildman–Crippen LogP) is 2.92. The Morgan fingerprint density at radius 3 is 2.18 bits per heavy atom. The molecule has 0 N–H and O–H groups in total. The largest absolute Gasteiger partial charge is 0.497 e. The number of halogens is 1. The molecule has 4 rings (SSSR count). The molecule has 2 aliphatic rings. The lowest BCUT2D eigenvalue weighted by molar-refractivity contribution is -0.142. The molecule has 2 aliphatic heterocycles. The van der Waals surface area contributed by atoms with Gasteiger partial charge in [-0.2, -0.15) is 0 Å². The summed E-state index contributed by atoms with van der Waals surface area (Å²) in [5.41, 5.74) is -0.578. The van der Waals surface area contributed by atoms with Crippen LogP contribution in [0.3, 0.4) is 0 Å². The molecule has 0 unspecified atom stereocenters. The van der Waals surface area contributed by atoms with Crippen LogP contribution in [0.1, 0.15) is 31.2 Å². The highest BCUT2D eigenvalue weighted by Crippen LogP contribution is 2.40. The molecule has 7 nitrogen and oxygen atoms in total. The zero-order valence-corrected chi connectivity index (χ0v) is 18.8. The Kier molecular flexibility index (Phi) is 6.35. The molecular formula is C25H27FN2O5. The number of hydrogen-bond donors (Lipinski definition) is 0. The van der Waals surface area contributed by atoms with Gasteiger partial charge in [0.15, 0.2) is 0 Å². The first-order valence-corrected chi connectivity index (χ1v) is 11.0. The van der Waals surface area contributed by atoms with Gasteiger partial charge in [0, 0.05) is 45.8 Å². The highest BCUT2D eigenvalue weighted by molar-refractivity contribution is 6.10. The minimum absolute atomic E-state index is 0.0372. The second-order valence-electron chi connectivity index (χ2n) is 8.57. The quantitative estimate of drug-likeness (QED) is 0.628. The lowest BCUT2D eigenvalue weighted by Gasteiger charge is -2.35. The SMILES string of the molecule is COc1ccc([C@@]2(CC(=O)N3CCC(Oc4ccc(F)cc4)CC3)CC(=O)N(C)C2=O)cc1. The molecule has 3 amide bonds. The molecule has 0 bridgehead atoms. The summed E-state index contributed by atoms with van der Waals surface area (Å²) in [5, 5.41) is 0. The molecule has 0 aromatic heterocycles. The van der Waals surface area contributed by atoms with Crippen LogP contribution in [0.15, 0.2) is 48.5 Å². The summed E-state index contributed by atoms with van der Waals surface area (Å²) in [6, 6.07) is 12.8. The number of nitrogens with zero attached hydrogens (tertiary/aromatic N) is 2. The number of hydrogen-bond acceptors (Lipinski definition) is 5. The standard InChI is InChI=1S/C25H27FN2O5/c1-27-22(29)15-25(24(27)31,17-3-7-19(32-2)8-4-17)16-23(30)28-13-11-21(12-14-28)33-20-9-5-18(26)6-10-20/h3-10,21H,11-16H2,1-2H3/t25-/m0/s1. The first kappa shape index (κ1) is 22.8. The molecule has 0 spiro atoms. The Balaban J connectivity index is 1.45. The van der Waals surface area contributed by atoms with Gasteiger partial charge in [0.2, 0.25) is 17.7 Å². The van der Waals surface area contributed by atoms with E-state index >= 15 is 0 Å². The summed E-state index contributed by atoms with van der Waals surface area (Å²) in [6.45, 7) is 0.975. The van der Waals surface area contributed by atoms with Gasteiger partial charge in [-0.25, -0.2) is 4.39 Å². The topological polar surface area (TPSA) is 76.2 Å². The Morgan fingerprint density at radius 1 is 1.03 bits per heavy atom. The summed E-state index contributed by atoms with van der Waals surface area (Å²) in [5.74, 6) is 0.0866. The maximum Gasteiger partial charge on any atom is 0.240 e. The van der Waals surface area contributed by atoms with Crippen molar-refractivity contribution < 1.29 is 28.2 Å². The number of imide groups is 1. The van der Waals surface area contributed by atoms with Crippen molar-refractivity contribution in [3.05, 3.63) is 59.9 Å². The third kappa shape index (κ3) is 4.55. The van der Waals surface area contributed by atoms with Gasteiger partial charge in [-0.1, -0.05) is 12.1 Å². The smallest absolute Gasteiger partial charge is 0.240 e. The van der Waals surface area contributed by atoms with Gasteiger partial charge in [0.1, 0.15) is 23.4 Å². The van der Waals surface area contributed by atoms with Gasteiger partial charge in [-0.05, 0) is 42.0 Å². The van der Waals surface area contributed by atoms with E-state index in [9.17, 15) is 18.8 Å². The van der Waals surface area contributed by atoms with Gasteiger partial charge in [0.05, 0.1) is 12.5 Å². The molecule has 33 heavy (non-hydrogen) atoms. The van der Waals surface area contributed by atoms with E-state index in [4.69, 9.17) is 9.47 Å². The Morgan fingerprint density at radius 2 is 1.64 bits per heavy atom. The average Bonchev–Trinajstić information content (AvgIpc) is 3.05. The number of rotatable bonds is 6. The number of amides is 3. The number of benzene rings is 2. The van der Waals surface area contributed by atoms with E-state index in [1.807, 2.05) is 0 Å².